The Hall–Kier alpha value is -5.58. The molecule has 2 atom stereocenters. The van der Waals surface area contributed by atoms with Crippen LogP contribution in [0.4, 0.5) is 0 Å². The van der Waals surface area contributed by atoms with Gasteiger partial charge in [-0.3, -0.25) is 4.99 Å². The number of hydrogen-bond donors (Lipinski definition) is 1. The van der Waals surface area contributed by atoms with Crippen LogP contribution in [0.15, 0.2) is 156 Å². The zero-order chi connectivity index (χ0) is 33.4. The number of benzene rings is 5. The van der Waals surface area contributed by atoms with Crippen LogP contribution in [0.3, 0.4) is 0 Å². The predicted molar refractivity (Wildman–Crippen MR) is 212 cm³/mol. The van der Waals surface area contributed by atoms with Gasteiger partial charge in [0.05, 0.1) is 16.9 Å². The molecule has 0 saturated heterocycles. The number of fused-ring (bicyclic) bond motifs is 7. The molecule has 240 valence electrons. The summed E-state index contributed by atoms with van der Waals surface area (Å²) in [6.07, 6.45) is 7.83. The second kappa shape index (κ2) is 11.2. The molecule has 0 bridgehead atoms. The third-order valence-corrected chi connectivity index (χ3v) is 12.1. The highest BCUT2D eigenvalue weighted by molar-refractivity contribution is 7.26. The van der Waals surface area contributed by atoms with E-state index in [1.165, 1.54) is 47.8 Å². The van der Waals surface area contributed by atoms with Crippen molar-refractivity contribution in [3.05, 3.63) is 173 Å². The van der Waals surface area contributed by atoms with Crippen LogP contribution in [0.5, 0.6) is 0 Å². The highest BCUT2D eigenvalue weighted by Crippen LogP contribution is 2.51. The third-order valence-electron chi connectivity index (χ3n) is 10.9. The highest BCUT2D eigenvalue weighted by Gasteiger charge is 2.40. The monoisotopic (exact) mass is 661 g/mol. The molecule has 1 N–H and O–H groups in total. The number of aromatic nitrogens is 1. The van der Waals surface area contributed by atoms with Gasteiger partial charge in [0.15, 0.2) is 0 Å². The van der Waals surface area contributed by atoms with Crippen molar-refractivity contribution in [1.29, 1.82) is 0 Å². The van der Waals surface area contributed by atoms with Crippen LogP contribution in [0.1, 0.15) is 42.5 Å². The Morgan fingerprint density at radius 2 is 1.48 bits per heavy atom. The maximum atomic E-state index is 5.49. The van der Waals surface area contributed by atoms with Gasteiger partial charge in [-0.15, -0.1) is 11.3 Å². The Morgan fingerprint density at radius 1 is 0.740 bits per heavy atom. The number of para-hydroxylation sites is 1. The van der Waals surface area contributed by atoms with Gasteiger partial charge in [0.25, 0.3) is 0 Å². The molecular formula is C46H35N3S. The lowest BCUT2D eigenvalue weighted by molar-refractivity contribution is 0.441. The van der Waals surface area contributed by atoms with Crippen molar-refractivity contribution >= 4 is 59.4 Å². The fourth-order valence-corrected chi connectivity index (χ4v) is 9.61. The average molecular weight is 662 g/mol. The number of rotatable bonds is 4. The minimum atomic E-state index is -0.106. The Balaban J connectivity index is 1.09. The topological polar surface area (TPSA) is 37.3 Å². The molecule has 0 spiro atoms. The van der Waals surface area contributed by atoms with Gasteiger partial charge in [-0.25, -0.2) is 4.98 Å². The molecule has 3 nitrogen and oxygen atoms in total. The van der Waals surface area contributed by atoms with Gasteiger partial charge in [0, 0.05) is 53.7 Å². The van der Waals surface area contributed by atoms with Crippen LogP contribution >= 0.6 is 11.3 Å². The normalized spacial score (nSPS) is 19.3. The Morgan fingerprint density at radius 3 is 2.38 bits per heavy atom. The Bertz CT molecular complexity index is 2640. The molecule has 50 heavy (non-hydrogen) atoms. The van der Waals surface area contributed by atoms with E-state index in [9.17, 15) is 0 Å². The number of hydrogen-bond acceptors (Lipinski definition) is 4. The van der Waals surface area contributed by atoms with E-state index in [0.717, 1.165) is 45.7 Å². The van der Waals surface area contributed by atoms with Crippen LogP contribution in [-0.2, 0) is 5.41 Å². The van der Waals surface area contributed by atoms with Crippen LogP contribution in [0, 0.1) is 5.92 Å². The predicted octanol–water partition coefficient (Wildman–Crippen LogP) is 11.4. The summed E-state index contributed by atoms with van der Waals surface area (Å²) in [5, 5.41) is 7.55. The molecule has 2 unspecified atom stereocenters. The van der Waals surface area contributed by atoms with Crippen LogP contribution in [0.2, 0.25) is 0 Å². The first-order valence-corrected chi connectivity index (χ1v) is 18.3. The highest BCUT2D eigenvalue weighted by atomic mass is 32.1. The molecule has 3 aliphatic rings. The maximum Gasteiger partial charge on any atom is 0.126 e. The van der Waals surface area contributed by atoms with E-state index in [4.69, 9.17) is 9.98 Å². The second-order valence-electron chi connectivity index (χ2n) is 14.2. The molecule has 0 fully saturated rings. The van der Waals surface area contributed by atoms with Crippen molar-refractivity contribution in [2.24, 2.45) is 10.9 Å². The molecule has 1 aliphatic heterocycles. The first kappa shape index (κ1) is 29.3. The summed E-state index contributed by atoms with van der Waals surface area (Å²) < 4.78 is 2.57. The average Bonchev–Trinajstić information content (AvgIpc) is 3.67. The lowest BCUT2D eigenvalue weighted by atomic mass is 9.75. The van der Waals surface area contributed by atoms with E-state index < -0.39 is 0 Å². The van der Waals surface area contributed by atoms with Crippen molar-refractivity contribution in [1.82, 2.24) is 10.3 Å². The summed E-state index contributed by atoms with van der Waals surface area (Å²) in [6, 6.07) is 45.6. The van der Waals surface area contributed by atoms with E-state index in [2.05, 4.69) is 165 Å². The van der Waals surface area contributed by atoms with E-state index in [1.54, 1.807) is 0 Å². The van der Waals surface area contributed by atoms with Crippen molar-refractivity contribution < 1.29 is 0 Å². The van der Waals surface area contributed by atoms with Gasteiger partial charge in [0.2, 0.25) is 0 Å². The maximum absolute atomic E-state index is 5.49. The van der Waals surface area contributed by atoms with E-state index in [1.807, 2.05) is 11.3 Å². The van der Waals surface area contributed by atoms with Crippen molar-refractivity contribution in [2.75, 3.05) is 0 Å². The summed E-state index contributed by atoms with van der Waals surface area (Å²) in [6.45, 7) is 4.76. The number of pyridine rings is 1. The summed E-state index contributed by atoms with van der Waals surface area (Å²) in [7, 11) is 0. The molecule has 7 aromatic rings. The van der Waals surface area contributed by atoms with Crippen LogP contribution in [-0.4, -0.2) is 16.9 Å². The summed E-state index contributed by atoms with van der Waals surface area (Å²) in [5.74, 6) is 0.215. The Labute approximate surface area is 296 Å². The number of allylic oxidation sites excluding steroid dienone is 4. The van der Waals surface area contributed by atoms with Gasteiger partial charge < -0.3 is 5.32 Å². The zero-order valence-corrected chi connectivity index (χ0v) is 28.8. The molecule has 5 aromatic carbocycles. The molecular weight excluding hydrogens is 627 g/mol. The lowest BCUT2D eigenvalue weighted by Gasteiger charge is -2.34. The minimum absolute atomic E-state index is 0.00734. The van der Waals surface area contributed by atoms with Gasteiger partial charge in [-0.05, 0) is 53.0 Å². The Kier molecular flexibility index (Phi) is 6.59. The third kappa shape index (κ3) is 4.55. The molecule has 2 aliphatic carbocycles. The molecule has 10 rings (SSSR count). The van der Waals surface area contributed by atoms with Gasteiger partial charge >= 0.3 is 0 Å². The van der Waals surface area contributed by atoms with E-state index in [-0.39, 0.29) is 17.5 Å². The molecule has 3 heterocycles. The second-order valence-corrected chi connectivity index (χ2v) is 15.2. The summed E-state index contributed by atoms with van der Waals surface area (Å²) in [4.78, 5) is 10.8. The van der Waals surface area contributed by atoms with Crippen molar-refractivity contribution in [2.45, 2.75) is 31.8 Å². The lowest BCUT2D eigenvalue weighted by Crippen LogP contribution is -2.38. The number of aliphatic imine (C=N–C) groups is 1. The largest absolute Gasteiger partial charge is 0.363 e. The fourth-order valence-electron chi connectivity index (χ4n) is 8.37. The molecule has 0 radical (unpaired) electrons. The first-order valence-electron chi connectivity index (χ1n) is 17.5. The number of thiophene rings is 1. The number of nitrogens with zero attached hydrogens (tertiary/aromatic N) is 2. The summed E-state index contributed by atoms with van der Waals surface area (Å²) in [5.41, 5.74) is 13.2. The smallest absolute Gasteiger partial charge is 0.126 e. The van der Waals surface area contributed by atoms with E-state index in [0.29, 0.717) is 0 Å². The number of nitrogens with one attached hydrogen (secondary N) is 1. The fraction of sp³-hybridized carbons (Fsp3) is 0.130. The SMILES string of the molecule is CC1(C)C2=C(C=CC(C3N=C(c4cccc(-c5nc6ccccc6c6sc7ccccc7c56)c4)C=C(c4ccccc4)N3)C2)c2ccccc21. The summed E-state index contributed by atoms with van der Waals surface area (Å²) >= 11 is 1.86. The quantitative estimate of drug-likeness (QED) is 0.204. The molecule has 2 aromatic heterocycles. The van der Waals surface area contributed by atoms with Crippen molar-refractivity contribution in [3.63, 3.8) is 0 Å². The van der Waals surface area contributed by atoms with Crippen molar-refractivity contribution in [3.8, 4) is 11.3 Å². The molecule has 0 amide bonds. The zero-order valence-electron chi connectivity index (χ0n) is 28.0. The first-order chi connectivity index (χ1) is 24.5. The standard InChI is InChI=1S/C46H35N3S/c1-46(2)36-20-9-6-17-32(36)33-24-23-31(26-37(33)46)45-48-39(28-13-4-3-5-14-28)27-40(49-45)29-15-12-16-30(25-29)43-42-35-19-8-11-22-41(35)50-44(42)34-18-7-10-21-38(34)47-43/h3-25,27,31,45,48H,26H2,1-2H3. The minimum Gasteiger partial charge on any atom is -0.363 e. The molecule has 4 heteroatoms. The van der Waals surface area contributed by atoms with Crippen LogP contribution in [0.25, 0.3) is 53.6 Å². The van der Waals surface area contributed by atoms with Gasteiger partial charge in [-0.2, -0.15) is 0 Å². The van der Waals surface area contributed by atoms with Gasteiger partial charge in [-0.1, -0.05) is 141 Å². The van der Waals surface area contributed by atoms with Gasteiger partial charge in [0.1, 0.15) is 6.17 Å². The van der Waals surface area contributed by atoms with Crippen LogP contribution < -0.4 is 5.32 Å². The van der Waals surface area contributed by atoms with E-state index >= 15 is 0 Å². The molecule has 0 saturated carbocycles.